The molecule has 0 unspecified atom stereocenters. The van der Waals surface area contributed by atoms with Crippen LogP contribution in [0.3, 0.4) is 0 Å². The van der Waals surface area contributed by atoms with E-state index in [2.05, 4.69) is 26.6 Å². The Morgan fingerprint density at radius 1 is 1.28 bits per heavy atom. The molecular formula is C14H19BrN2O. The Hall–Kier alpha value is -1.03. The molecule has 0 radical (unpaired) electrons. The highest BCUT2D eigenvalue weighted by Gasteiger charge is 2.32. The molecule has 1 aliphatic rings. The third-order valence-electron chi connectivity index (χ3n) is 3.33. The smallest absolute Gasteiger partial charge is 0.218 e. The molecule has 98 valence electrons. The van der Waals surface area contributed by atoms with Crippen molar-refractivity contribution < 1.29 is 4.79 Å². The van der Waals surface area contributed by atoms with Gasteiger partial charge in [0.05, 0.1) is 0 Å². The van der Waals surface area contributed by atoms with Crippen LogP contribution in [-0.4, -0.2) is 11.6 Å². The lowest BCUT2D eigenvalue weighted by molar-refractivity contribution is -0.120. The zero-order valence-corrected chi connectivity index (χ0v) is 12.2. The maximum absolute atomic E-state index is 11.4. The van der Waals surface area contributed by atoms with E-state index in [9.17, 15) is 4.79 Å². The minimum Gasteiger partial charge on any atom is -0.363 e. The maximum atomic E-state index is 11.4. The summed E-state index contributed by atoms with van der Waals surface area (Å²) in [5, 5.41) is 6.60. The quantitative estimate of drug-likeness (QED) is 0.837. The van der Waals surface area contributed by atoms with Gasteiger partial charge >= 0.3 is 0 Å². The largest absolute Gasteiger partial charge is 0.363 e. The van der Waals surface area contributed by atoms with Crippen LogP contribution in [0.5, 0.6) is 0 Å². The van der Waals surface area contributed by atoms with E-state index in [1.54, 1.807) is 6.92 Å². The summed E-state index contributed by atoms with van der Waals surface area (Å²) in [6, 6.07) is 8.06. The molecule has 0 atom stereocenters. The molecule has 2 rings (SSSR count). The van der Waals surface area contributed by atoms with Crippen LogP contribution in [0.2, 0.25) is 0 Å². The van der Waals surface area contributed by atoms with Crippen LogP contribution in [0.15, 0.2) is 28.7 Å². The van der Waals surface area contributed by atoms with Gasteiger partial charge in [-0.3, -0.25) is 4.79 Å². The van der Waals surface area contributed by atoms with Gasteiger partial charge in [0.15, 0.2) is 0 Å². The van der Waals surface area contributed by atoms with Crippen LogP contribution in [-0.2, 0) is 4.79 Å². The number of carbonyl (C=O) groups is 1. The number of benzene rings is 1. The average molecular weight is 311 g/mol. The second-order valence-corrected chi connectivity index (χ2v) is 5.87. The number of rotatable bonds is 3. The highest BCUT2D eigenvalue weighted by atomic mass is 79.9. The monoisotopic (exact) mass is 310 g/mol. The van der Waals surface area contributed by atoms with Crippen LogP contribution >= 0.6 is 15.9 Å². The number of carbonyl (C=O) groups excluding carboxylic acids is 1. The zero-order chi connectivity index (χ0) is 13.0. The minimum atomic E-state index is -0.273. The van der Waals surface area contributed by atoms with Crippen LogP contribution in [0.25, 0.3) is 0 Å². The molecule has 0 saturated heterocycles. The Morgan fingerprint density at radius 3 is 2.61 bits per heavy atom. The molecule has 1 aliphatic carbocycles. The van der Waals surface area contributed by atoms with Crippen LogP contribution in [0, 0.1) is 0 Å². The van der Waals surface area contributed by atoms with Gasteiger partial charge in [-0.15, -0.1) is 0 Å². The van der Waals surface area contributed by atoms with Crippen molar-refractivity contribution in [2.45, 2.75) is 44.7 Å². The summed E-state index contributed by atoms with van der Waals surface area (Å²) >= 11 is 3.47. The first-order valence-electron chi connectivity index (χ1n) is 6.42. The fraction of sp³-hybridized carbons (Fsp3) is 0.500. The summed E-state index contributed by atoms with van der Waals surface area (Å²) in [7, 11) is 0. The number of halogens is 1. The van der Waals surface area contributed by atoms with Gasteiger partial charge in [0.2, 0.25) is 5.91 Å². The van der Waals surface area contributed by atoms with Crippen molar-refractivity contribution in [1.29, 1.82) is 0 Å². The highest BCUT2D eigenvalue weighted by Crippen LogP contribution is 2.30. The number of nitrogens with one attached hydrogen (secondary N) is 2. The molecule has 3 nitrogen and oxygen atoms in total. The molecule has 0 aliphatic heterocycles. The Morgan fingerprint density at radius 2 is 2.00 bits per heavy atom. The van der Waals surface area contributed by atoms with Gasteiger partial charge < -0.3 is 10.6 Å². The van der Waals surface area contributed by atoms with Crippen molar-refractivity contribution in [2.75, 3.05) is 5.32 Å². The first kappa shape index (κ1) is 13.4. The van der Waals surface area contributed by atoms with Crippen molar-refractivity contribution in [3.63, 3.8) is 0 Å². The predicted octanol–water partition coefficient (Wildman–Crippen LogP) is 3.66. The van der Waals surface area contributed by atoms with E-state index in [-0.39, 0.29) is 11.6 Å². The fourth-order valence-corrected chi connectivity index (χ4v) is 3.02. The summed E-state index contributed by atoms with van der Waals surface area (Å²) in [5.74, 6) is 0.0272. The van der Waals surface area contributed by atoms with Crippen molar-refractivity contribution in [3.05, 3.63) is 28.7 Å². The van der Waals surface area contributed by atoms with Gasteiger partial charge in [0, 0.05) is 17.1 Å². The molecule has 18 heavy (non-hydrogen) atoms. The van der Waals surface area contributed by atoms with E-state index in [4.69, 9.17) is 0 Å². The van der Waals surface area contributed by atoms with Gasteiger partial charge in [0.25, 0.3) is 0 Å². The van der Waals surface area contributed by atoms with Crippen molar-refractivity contribution in [1.82, 2.24) is 5.32 Å². The van der Waals surface area contributed by atoms with Crippen LogP contribution in [0.4, 0.5) is 5.69 Å². The van der Waals surface area contributed by atoms with Crippen molar-refractivity contribution >= 4 is 27.5 Å². The number of hydrogen-bond acceptors (Lipinski definition) is 2. The van der Waals surface area contributed by atoms with E-state index in [0.717, 1.165) is 35.8 Å². The Bertz CT molecular complexity index is 428. The number of amides is 1. The predicted molar refractivity (Wildman–Crippen MR) is 77.4 cm³/mol. The molecule has 0 aromatic heterocycles. The highest BCUT2D eigenvalue weighted by molar-refractivity contribution is 9.10. The zero-order valence-electron chi connectivity index (χ0n) is 10.6. The second kappa shape index (κ2) is 5.74. The van der Waals surface area contributed by atoms with E-state index < -0.39 is 0 Å². The molecule has 2 N–H and O–H groups in total. The molecule has 1 saturated carbocycles. The summed E-state index contributed by atoms with van der Waals surface area (Å²) in [6.45, 7) is 1.58. The molecule has 0 heterocycles. The lowest BCUT2D eigenvalue weighted by Gasteiger charge is -2.39. The van der Waals surface area contributed by atoms with E-state index >= 15 is 0 Å². The van der Waals surface area contributed by atoms with Gasteiger partial charge in [-0.05, 0) is 43.9 Å². The molecule has 0 spiro atoms. The minimum absolute atomic E-state index is 0.0272. The summed E-state index contributed by atoms with van der Waals surface area (Å²) in [5.41, 5.74) is 0.769. The number of hydrogen-bond donors (Lipinski definition) is 2. The summed E-state index contributed by atoms with van der Waals surface area (Å²) in [6.07, 6.45) is 5.53. The SMILES string of the molecule is CC(=O)NC1(Nc2cccc(Br)c2)CCCCC1. The molecule has 4 heteroatoms. The maximum Gasteiger partial charge on any atom is 0.218 e. The molecule has 1 aromatic rings. The van der Waals surface area contributed by atoms with E-state index in [1.807, 2.05) is 24.3 Å². The normalized spacial score (nSPS) is 18.1. The topological polar surface area (TPSA) is 41.1 Å². The van der Waals surface area contributed by atoms with Gasteiger partial charge in [-0.1, -0.05) is 28.4 Å². The molecular weight excluding hydrogens is 292 g/mol. The second-order valence-electron chi connectivity index (χ2n) is 4.96. The summed E-state index contributed by atoms with van der Waals surface area (Å²) < 4.78 is 1.04. The van der Waals surface area contributed by atoms with Gasteiger partial charge in [0.1, 0.15) is 5.66 Å². The third kappa shape index (κ3) is 3.48. The lowest BCUT2D eigenvalue weighted by Crippen LogP contribution is -2.54. The Kier molecular flexibility index (Phi) is 4.27. The Labute approximate surface area is 116 Å². The van der Waals surface area contributed by atoms with Crippen molar-refractivity contribution in [2.24, 2.45) is 0 Å². The molecule has 1 amide bonds. The first-order chi connectivity index (χ1) is 8.60. The van der Waals surface area contributed by atoms with Crippen LogP contribution in [0.1, 0.15) is 39.0 Å². The molecule has 1 fully saturated rings. The van der Waals surface area contributed by atoms with E-state index in [1.165, 1.54) is 6.42 Å². The van der Waals surface area contributed by atoms with Crippen molar-refractivity contribution in [3.8, 4) is 0 Å². The first-order valence-corrected chi connectivity index (χ1v) is 7.21. The fourth-order valence-electron chi connectivity index (χ4n) is 2.62. The molecule has 1 aromatic carbocycles. The average Bonchev–Trinajstić information content (AvgIpc) is 2.28. The Balaban J connectivity index is 2.16. The number of anilines is 1. The standard InChI is InChI=1S/C14H19BrN2O/c1-11(18)16-14(8-3-2-4-9-14)17-13-7-5-6-12(15)10-13/h5-7,10,17H,2-4,8-9H2,1H3,(H,16,18). The molecule has 0 bridgehead atoms. The lowest BCUT2D eigenvalue weighted by atomic mass is 9.88. The third-order valence-corrected chi connectivity index (χ3v) is 3.82. The van der Waals surface area contributed by atoms with Crippen LogP contribution < -0.4 is 10.6 Å². The van der Waals surface area contributed by atoms with Gasteiger partial charge in [-0.25, -0.2) is 0 Å². The van der Waals surface area contributed by atoms with Gasteiger partial charge in [-0.2, -0.15) is 0 Å². The summed E-state index contributed by atoms with van der Waals surface area (Å²) in [4.78, 5) is 11.4. The van der Waals surface area contributed by atoms with E-state index in [0.29, 0.717) is 0 Å².